The maximum absolute atomic E-state index is 12.3. The van der Waals surface area contributed by atoms with Crippen LogP contribution in [0.25, 0.3) is 0 Å². The van der Waals surface area contributed by atoms with Gasteiger partial charge in [0.1, 0.15) is 0 Å². The second-order valence-electron chi connectivity index (χ2n) is 4.91. The van der Waals surface area contributed by atoms with Crippen molar-refractivity contribution >= 4 is 21.7 Å². The number of carbonyl (C=O) groups excluding carboxylic acids is 1. The Hall–Kier alpha value is -1.64. The number of aliphatic hydroxyl groups is 1. The van der Waals surface area contributed by atoms with Gasteiger partial charge in [-0.05, 0) is 24.1 Å². The number of nitrogen functional groups attached to an aromatic ring is 1. The molecule has 1 unspecified atom stereocenters. The van der Waals surface area contributed by atoms with Gasteiger partial charge in [-0.25, -0.2) is 17.9 Å². The number of aliphatic hydroxyl groups excluding tert-OH is 1. The molecule has 118 valence electrons. The third-order valence-electron chi connectivity index (χ3n) is 2.95. The maximum Gasteiger partial charge on any atom is 0.339 e. The minimum atomic E-state index is -3.99. The summed E-state index contributed by atoms with van der Waals surface area (Å²) in [6.45, 7) is 3.37. The van der Waals surface area contributed by atoms with Crippen molar-refractivity contribution in [3.63, 3.8) is 0 Å². The van der Waals surface area contributed by atoms with E-state index in [2.05, 4.69) is 9.46 Å². The third kappa shape index (κ3) is 4.42. The van der Waals surface area contributed by atoms with Gasteiger partial charge >= 0.3 is 5.97 Å². The third-order valence-corrected chi connectivity index (χ3v) is 4.42. The van der Waals surface area contributed by atoms with Gasteiger partial charge in [0, 0.05) is 12.2 Å². The predicted molar refractivity (Wildman–Crippen MR) is 78.2 cm³/mol. The van der Waals surface area contributed by atoms with Crippen LogP contribution in [-0.4, -0.2) is 39.3 Å². The van der Waals surface area contributed by atoms with Crippen molar-refractivity contribution in [1.29, 1.82) is 0 Å². The van der Waals surface area contributed by atoms with Gasteiger partial charge < -0.3 is 15.6 Å². The summed E-state index contributed by atoms with van der Waals surface area (Å²) in [6, 6.07) is 3.87. The number of anilines is 1. The maximum atomic E-state index is 12.3. The van der Waals surface area contributed by atoms with Crippen LogP contribution in [-0.2, 0) is 14.8 Å². The Morgan fingerprint density at radius 2 is 2.05 bits per heavy atom. The normalized spacial score (nSPS) is 13.2. The minimum absolute atomic E-state index is 0.103. The summed E-state index contributed by atoms with van der Waals surface area (Å²) in [4.78, 5) is 11.4. The molecule has 0 aromatic heterocycles. The van der Waals surface area contributed by atoms with Crippen molar-refractivity contribution in [2.24, 2.45) is 5.92 Å². The highest BCUT2D eigenvalue weighted by atomic mass is 32.2. The average molecular weight is 316 g/mol. The predicted octanol–water partition coefficient (Wildman–Crippen LogP) is 0.351. The van der Waals surface area contributed by atoms with Crippen LogP contribution in [0.4, 0.5) is 5.69 Å². The van der Waals surface area contributed by atoms with Gasteiger partial charge in [-0.1, -0.05) is 13.8 Å². The first-order valence-electron chi connectivity index (χ1n) is 6.34. The summed E-state index contributed by atoms with van der Waals surface area (Å²) in [7, 11) is -2.83. The number of nitrogens with two attached hydrogens (primary N) is 1. The Labute approximate surface area is 124 Å². The molecule has 0 saturated carbocycles. The second-order valence-corrected chi connectivity index (χ2v) is 6.65. The number of esters is 1. The number of methoxy groups -OCH3 is 1. The van der Waals surface area contributed by atoms with Crippen LogP contribution in [0.3, 0.4) is 0 Å². The van der Waals surface area contributed by atoms with E-state index in [1.54, 1.807) is 13.8 Å². The molecule has 0 spiro atoms. The monoisotopic (exact) mass is 316 g/mol. The molecular weight excluding hydrogens is 296 g/mol. The Balaban J connectivity index is 3.13. The van der Waals surface area contributed by atoms with Crippen LogP contribution >= 0.6 is 0 Å². The zero-order valence-corrected chi connectivity index (χ0v) is 13.0. The van der Waals surface area contributed by atoms with E-state index in [-0.39, 0.29) is 28.6 Å². The van der Waals surface area contributed by atoms with Crippen molar-refractivity contribution in [2.45, 2.75) is 24.8 Å². The van der Waals surface area contributed by atoms with E-state index >= 15 is 0 Å². The Morgan fingerprint density at radius 1 is 1.43 bits per heavy atom. The quantitative estimate of drug-likeness (QED) is 0.515. The lowest BCUT2D eigenvalue weighted by Crippen LogP contribution is -2.35. The van der Waals surface area contributed by atoms with Crippen molar-refractivity contribution < 1.29 is 23.1 Å². The topological polar surface area (TPSA) is 119 Å². The Kier molecular flexibility index (Phi) is 5.70. The molecular formula is C13H20N2O5S. The second kappa shape index (κ2) is 6.88. The number of ether oxygens (including phenoxy) is 1. The van der Waals surface area contributed by atoms with E-state index in [1.807, 2.05) is 0 Å². The molecule has 1 rings (SSSR count). The first-order chi connectivity index (χ1) is 9.69. The molecule has 1 aromatic carbocycles. The van der Waals surface area contributed by atoms with Gasteiger partial charge in [0.05, 0.1) is 23.7 Å². The standard InChI is InChI=1S/C13H20N2O5S/c1-8(2)11(16)7-15-21(18,19)12-6-9(14)4-5-10(12)13(17)20-3/h4-6,8,11,15-16H,7,14H2,1-3H3. The molecule has 0 amide bonds. The lowest BCUT2D eigenvalue weighted by atomic mass is 10.1. The van der Waals surface area contributed by atoms with Crippen molar-refractivity contribution in [2.75, 3.05) is 19.4 Å². The highest BCUT2D eigenvalue weighted by Crippen LogP contribution is 2.20. The summed E-state index contributed by atoms with van der Waals surface area (Å²) in [5.74, 6) is -0.881. The Morgan fingerprint density at radius 3 is 2.57 bits per heavy atom. The van der Waals surface area contributed by atoms with E-state index in [0.717, 1.165) is 7.11 Å². The van der Waals surface area contributed by atoms with E-state index in [9.17, 15) is 18.3 Å². The molecule has 0 saturated heterocycles. The van der Waals surface area contributed by atoms with E-state index in [0.29, 0.717) is 0 Å². The molecule has 1 aromatic rings. The van der Waals surface area contributed by atoms with Crippen LogP contribution in [0, 0.1) is 5.92 Å². The van der Waals surface area contributed by atoms with E-state index in [4.69, 9.17) is 5.73 Å². The molecule has 4 N–H and O–H groups in total. The molecule has 0 aliphatic rings. The van der Waals surface area contributed by atoms with Crippen LogP contribution in [0.2, 0.25) is 0 Å². The van der Waals surface area contributed by atoms with E-state index in [1.165, 1.54) is 18.2 Å². The lowest BCUT2D eigenvalue weighted by molar-refractivity contribution is 0.0596. The van der Waals surface area contributed by atoms with Crippen molar-refractivity contribution in [3.05, 3.63) is 23.8 Å². The fraction of sp³-hybridized carbons (Fsp3) is 0.462. The zero-order valence-electron chi connectivity index (χ0n) is 12.2. The first-order valence-corrected chi connectivity index (χ1v) is 7.83. The highest BCUT2D eigenvalue weighted by molar-refractivity contribution is 7.89. The van der Waals surface area contributed by atoms with Crippen LogP contribution in [0.15, 0.2) is 23.1 Å². The molecule has 0 aliphatic heterocycles. The number of carbonyl (C=O) groups is 1. The highest BCUT2D eigenvalue weighted by Gasteiger charge is 2.24. The molecule has 8 heteroatoms. The molecule has 0 fully saturated rings. The first kappa shape index (κ1) is 17.4. The largest absolute Gasteiger partial charge is 0.465 e. The molecule has 0 bridgehead atoms. The molecule has 21 heavy (non-hydrogen) atoms. The van der Waals surface area contributed by atoms with E-state index < -0.39 is 22.1 Å². The summed E-state index contributed by atoms with van der Waals surface area (Å²) in [5.41, 5.74) is 5.66. The fourth-order valence-electron chi connectivity index (χ4n) is 1.55. The van der Waals surface area contributed by atoms with Gasteiger partial charge in [0.15, 0.2) is 0 Å². The molecule has 0 aliphatic carbocycles. The van der Waals surface area contributed by atoms with Crippen molar-refractivity contribution in [1.82, 2.24) is 4.72 Å². The van der Waals surface area contributed by atoms with Crippen LogP contribution in [0.1, 0.15) is 24.2 Å². The number of sulfonamides is 1. The van der Waals surface area contributed by atoms with Crippen LogP contribution < -0.4 is 10.5 Å². The number of rotatable bonds is 6. The number of hydrogen-bond donors (Lipinski definition) is 3. The number of benzene rings is 1. The van der Waals surface area contributed by atoms with Gasteiger partial charge in [-0.3, -0.25) is 0 Å². The summed E-state index contributed by atoms with van der Waals surface area (Å²) in [5, 5.41) is 9.67. The lowest BCUT2D eigenvalue weighted by Gasteiger charge is -2.16. The van der Waals surface area contributed by atoms with Crippen molar-refractivity contribution in [3.8, 4) is 0 Å². The molecule has 7 nitrogen and oxygen atoms in total. The fourth-order valence-corrected chi connectivity index (χ4v) is 2.83. The van der Waals surface area contributed by atoms with Gasteiger partial charge in [-0.15, -0.1) is 0 Å². The number of nitrogens with one attached hydrogen (secondary N) is 1. The zero-order chi connectivity index (χ0) is 16.2. The van der Waals surface area contributed by atoms with Gasteiger partial charge in [0.2, 0.25) is 10.0 Å². The number of hydrogen-bond acceptors (Lipinski definition) is 6. The smallest absolute Gasteiger partial charge is 0.339 e. The summed E-state index contributed by atoms with van der Waals surface area (Å²) < 4.78 is 31.4. The molecule has 0 heterocycles. The van der Waals surface area contributed by atoms with Gasteiger partial charge in [-0.2, -0.15) is 0 Å². The molecule has 0 radical (unpaired) electrons. The SMILES string of the molecule is COC(=O)c1ccc(N)cc1S(=O)(=O)NCC(O)C(C)C. The average Bonchev–Trinajstić information content (AvgIpc) is 2.43. The molecule has 1 atom stereocenters. The summed E-state index contributed by atoms with van der Waals surface area (Å²) in [6.07, 6.45) is -0.831. The summed E-state index contributed by atoms with van der Waals surface area (Å²) >= 11 is 0. The van der Waals surface area contributed by atoms with Gasteiger partial charge in [0.25, 0.3) is 0 Å². The Bertz CT molecular complexity index is 613. The van der Waals surface area contributed by atoms with Crippen LogP contribution in [0.5, 0.6) is 0 Å². The minimum Gasteiger partial charge on any atom is -0.465 e.